The molecule has 0 N–H and O–H groups in total. The Bertz CT molecular complexity index is 600. The van der Waals surface area contributed by atoms with E-state index in [0.717, 1.165) is 19.3 Å². The molecule has 1 fully saturated rings. The molecule has 0 saturated carbocycles. The lowest BCUT2D eigenvalue weighted by Gasteiger charge is -2.27. The molecule has 1 spiro atoms. The van der Waals surface area contributed by atoms with Gasteiger partial charge in [-0.05, 0) is 30.0 Å². The lowest BCUT2D eigenvalue weighted by Crippen LogP contribution is -2.29. The van der Waals surface area contributed by atoms with Crippen LogP contribution in [0.3, 0.4) is 0 Å². The second-order valence-electron chi connectivity index (χ2n) is 6.00. The molecule has 0 radical (unpaired) electrons. The molecule has 22 heavy (non-hydrogen) atoms. The Labute approximate surface area is 131 Å². The van der Waals surface area contributed by atoms with E-state index in [4.69, 9.17) is 9.47 Å². The Hall–Kier alpha value is -1.90. The summed E-state index contributed by atoms with van der Waals surface area (Å²) in [6.07, 6.45) is 7.31. The van der Waals surface area contributed by atoms with Gasteiger partial charge in [0.15, 0.2) is 5.79 Å². The molecule has 0 amide bonds. The summed E-state index contributed by atoms with van der Waals surface area (Å²) in [4.78, 5) is 0. The summed E-state index contributed by atoms with van der Waals surface area (Å²) >= 11 is 0. The first-order chi connectivity index (χ1) is 10.9. The van der Waals surface area contributed by atoms with Crippen LogP contribution < -0.4 is 0 Å². The Morgan fingerprint density at radius 1 is 0.773 bits per heavy atom. The fourth-order valence-corrected chi connectivity index (χ4v) is 3.36. The molecule has 1 saturated heterocycles. The van der Waals surface area contributed by atoms with Crippen LogP contribution in [-0.2, 0) is 9.47 Å². The van der Waals surface area contributed by atoms with Crippen molar-refractivity contribution >= 4 is 0 Å². The fraction of sp³-hybridized carbons (Fsp3) is 0.300. The van der Waals surface area contributed by atoms with Crippen molar-refractivity contribution in [1.82, 2.24) is 0 Å². The van der Waals surface area contributed by atoms with Crippen LogP contribution in [-0.4, -0.2) is 5.79 Å². The molecular weight excluding hydrogens is 272 g/mol. The van der Waals surface area contributed by atoms with E-state index >= 15 is 0 Å². The minimum atomic E-state index is -0.556. The molecule has 2 nitrogen and oxygen atoms in total. The van der Waals surface area contributed by atoms with Gasteiger partial charge in [0.1, 0.15) is 12.2 Å². The highest BCUT2D eigenvalue weighted by Crippen LogP contribution is 2.50. The van der Waals surface area contributed by atoms with Crippen LogP contribution in [0.1, 0.15) is 42.6 Å². The number of ether oxygens (including phenoxy) is 2. The van der Waals surface area contributed by atoms with Crippen molar-refractivity contribution in [2.24, 2.45) is 0 Å². The average Bonchev–Trinajstić information content (AvgIpc) is 2.96. The highest BCUT2D eigenvalue weighted by molar-refractivity contribution is 5.27. The van der Waals surface area contributed by atoms with Gasteiger partial charge in [-0.25, -0.2) is 0 Å². The second-order valence-corrected chi connectivity index (χ2v) is 6.00. The van der Waals surface area contributed by atoms with Gasteiger partial charge in [-0.1, -0.05) is 66.7 Å². The molecule has 2 aliphatic rings. The van der Waals surface area contributed by atoms with Gasteiger partial charge >= 0.3 is 0 Å². The molecule has 4 rings (SSSR count). The van der Waals surface area contributed by atoms with E-state index in [1.807, 2.05) is 12.1 Å². The maximum atomic E-state index is 6.43. The van der Waals surface area contributed by atoms with Crippen LogP contribution in [0.4, 0.5) is 0 Å². The van der Waals surface area contributed by atoms with Crippen LogP contribution in [0.2, 0.25) is 0 Å². The molecule has 0 bridgehead atoms. The molecule has 2 atom stereocenters. The van der Waals surface area contributed by atoms with Crippen molar-refractivity contribution in [3.05, 3.63) is 83.9 Å². The minimum Gasteiger partial charge on any atom is -0.335 e. The number of hydrogen-bond donors (Lipinski definition) is 0. The van der Waals surface area contributed by atoms with E-state index in [1.165, 1.54) is 11.1 Å². The fourth-order valence-electron chi connectivity index (χ4n) is 3.36. The minimum absolute atomic E-state index is 0.0636. The van der Waals surface area contributed by atoms with E-state index in [1.54, 1.807) is 0 Å². The summed E-state index contributed by atoms with van der Waals surface area (Å²) in [6.45, 7) is 0. The molecule has 2 heteroatoms. The average molecular weight is 292 g/mol. The van der Waals surface area contributed by atoms with Gasteiger partial charge in [-0.15, -0.1) is 0 Å². The van der Waals surface area contributed by atoms with Crippen molar-refractivity contribution in [2.75, 3.05) is 0 Å². The Kier molecular flexibility index (Phi) is 3.57. The van der Waals surface area contributed by atoms with Gasteiger partial charge in [-0.3, -0.25) is 0 Å². The third kappa shape index (κ3) is 2.49. The zero-order valence-electron chi connectivity index (χ0n) is 12.5. The molecule has 1 heterocycles. The summed E-state index contributed by atoms with van der Waals surface area (Å²) in [6, 6.07) is 20.8. The number of rotatable bonds is 2. The standard InChI is InChI=1S/C20H20O2/c1-4-10-16(11-5-1)18-19(17-12-6-2-7-13-17)22-20(21-18)14-8-3-9-15-20/h1-2,4-8,10-14,18-19H,3,9,15H2/t18-,19-/m0/s1. The van der Waals surface area contributed by atoms with E-state index in [-0.39, 0.29) is 12.2 Å². The summed E-state index contributed by atoms with van der Waals surface area (Å²) in [5.74, 6) is -0.556. The highest BCUT2D eigenvalue weighted by Gasteiger charge is 2.47. The Morgan fingerprint density at radius 3 is 1.77 bits per heavy atom. The van der Waals surface area contributed by atoms with Crippen LogP contribution in [0, 0.1) is 0 Å². The number of allylic oxidation sites excluding steroid dienone is 1. The molecule has 2 aromatic rings. The topological polar surface area (TPSA) is 18.5 Å². The van der Waals surface area contributed by atoms with E-state index in [2.05, 4.69) is 60.7 Å². The predicted octanol–water partition coefficient (Wildman–Crippen LogP) is 4.95. The zero-order chi connectivity index (χ0) is 14.8. The highest BCUT2D eigenvalue weighted by atomic mass is 16.8. The van der Waals surface area contributed by atoms with Gasteiger partial charge in [0.05, 0.1) is 0 Å². The van der Waals surface area contributed by atoms with Crippen molar-refractivity contribution < 1.29 is 9.47 Å². The number of benzene rings is 2. The van der Waals surface area contributed by atoms with Crippen molar-refractivity contribution in [3.8, 4) is 0 Å². The molecule has 0 aromatic heterocycles. The summed E-state index contributed by atoms with van der Waals surface area (Å²) < 4.78 is 12.9. The van der Waals surface area contributed by atoms with E-state index in [0.29, 0.717) is 0 Å². The SMILES string of the molecule is C1=CC2(CCC1)O[C@@H](c1ccccc1)[C@H](c1ccccc1)O2. The van der Waals surface area contributed by atoms with Crippen LogP contribution in [0.5, 0.6) is 0 Å². The third-order valence-electron chi connectivity index (χ3n) is 4.45. The van der Waals surface area contributed by atoms with Gasteiger partial charge in [0, 0.05) is 6.42 Å². The lowest BCUT2D eigenvalue weighted by atomic mass is 9.99. The Morgan fingerprint density at radius 2 is 1.32 bits per heavy atom. The van der Waals surface area contributed by atoms with Crippen molar-refractivity contribution in [3.63, 3.8) is 0 Å². The molecule has 0 unspecified atom stereocenters. The molecule has 2 aromatic carbocycles. The molecule has 112 valence electrons. The maximum Gasteiger partial charge on any atom is 0.189 e. The first-order valence-corrected chi connectivity index (χ1v) is 8.00. The second kappa shape index (κ2) is 5.71. The first kappa shape index (κ1) is 13.7. The van der Waals surface area contributed by atoms with Gasteiger partial charge < -0.3 is 9.47 Å². The quantitative estimate of drug-likeness (QED) is 0.729. The van der Waals surface area contributed by atoms with Gasteiger partial charge in [0.2, 0.25) is 0 Å². The monoisotopic (exact) mass is 292 g/mol. The van der Waals surface area contributed by atoms with Crippen LogP contribution in [0.25, 0.3) is 0 Å². The smallest absolute Gasteiger partial charge is 0.189 e. The third-order valence-corrected chi connectivity index (χ3v) is 4.45. The van der Waals surface area contributed by atoms with E-state index < -0.39 is 5.79 Å². The lowest BCUT2D eigenvalue weighted by molar-refractivity contribution is -0.146. The van der Waals surface area contributed by atoms with Crippen LogP contribution >= 0.6 is 0 Å². The molecule has 1 aliphatic heterocycles. The normalized spacial score (nSPS) is 26.4. The van der Waals surface area contributed by atoms with Gasteiger partial charge in [0.25, 0.3) is 0 Å². The molecular formula is C20H20O2. The summed E-state index contributed by atoms with van der Waals surface area (Å²) in [7, 11) is 0. The summed E-state index contributed by atoms with van der Waals surface area (Å²) in [5, 5.41) is 0. The van der Waals surface area contributed by atoms with Crippen molar-refractivity contribution in [1.29, 1.82) is 0 Å². The maximum absolute atomic E-state index is 6.43. The van der Waals surface area contributed by atoms with Crippen LogP contribution in [0.15, 0.2) is 72.8 Å². The van der Waals surface area contributed by atoms with Gasteiger partial charge in [-0.2, -0.15) is 0 Å². The number of hydrogen-bond acceptors (Lipinski definition) is 2. The van der Waals surface area contributed by atoms with E-state index in [9.17, 15) is 0 Å². The zero-order valence-corrected chi connectivity index (χ0v) is 12.5. The predicted molar refractivity (Wildman–Crippen MR) is 86.3 cm³/mol. The van der Waals surface area contributed by atoms with Crippen molar-refractivity contribution in [2.45, 2.75) is 37.3 Å². The largest absolute Gasteiger partial charge is 0.335 e. The molecule has 1 aliphatic carbocycles. The summed E-state index contributed by atoms with van der Waals surface area (Å²) in [5.41, 5.74) is 2.35. The first-order valence-electron chi connectivity index (χ1n) is 8.00. The Balaban J connectivity index is 1.73.